The number of hydrogen-bond acceptors (Lipinski definition) is 4. The molecule has 1 aliphatic rings. The molecule has 0 bridgehead atoms. The quantitative estimate of drug-likeness (QED) is 0.597. The van der Waals surface area contributed by atoms with Gasteiger partial charge in [0.15, 0.2) is 0 Å². The third-order valence-corrected chi connectivity index (χ3v) is 4.62. The van der Waals surface area contributed by atoms with Crippen molar-refractivity contribution in [2.24, 2.45) is 0 Å². The average molecular weight is 439 g/mol. The van der Waals surface area contributed by atoms with Crippen LogP contribution in [0.4, 0.5) is 17.1 Å². The molecule has 1 aliphatic heterocycles. The summed E-state index contributed by atoms with van der Waals surface area (Å²) in [5.74, 6) is -0.368. The van der Waals surface area contributed by atoms with Gasteiger partial charge in [-0.05, 0) is 56.2 Å². The van der Waals surface area contributed by atoms with Crippen LogP contribution in [-0.4, -0.2) is 30.9 Å². The second-order valence-corrected chi connectivity index (χ2v) is 7.00. The Kier molecular flexibility index (Phi) is 9.78. The summed E-state index contributed by atoms with van der Waals surface area (Å²) in [7, 11) is 0. The van der Waals surface area contributed by atoms with Crippen molar-refractivity contribution in [2.75, 3.05) is 29.0 Å². The Labute approximate surface area is 184 Å². The minimum absolute atomic E-state index is 0. The van der Waals surface area contributed by atoms with Gasteiger partial charge in [0.2, 0.25) is 5.91 Å². The first-order chi connectivity index (χ1) is 13.0. The van der Waals surface area contributed by atoms with E-state index in [1.54, 1.807) is 24.3 Å². The fraction of sp³-hybridized carbons (Fsp3) is 0.333. The van der Waals surface area contributed by atoms with Crippen molar-refractivity contribution >= 4 is 53.7 Å². The Morgan fingerprint density at radius 1 is 1.07 bits per heavy atom. The molecule has 0 saturated carbocycles. The van der Waals surface area contributed by atoms with Crippen molar-refractivity contribution in [3.05, 3.63) is 54.1 Å². The molecule has 6 nitrogen and oxygen atoms in total. The number of carbonyl (C=O) groups excluding carboxylic acids is 2. The SMILES string of the molecule is CC(CC(=O)Nc1cccc(N2CCCC2)c1)NC(=O)c1cccc(N)c1.Cl.Cl. The summed E-state index contributed by atoms with van der Waals surface area (Å²) < 4.78 is 0. The fourth-order valence-electron chi connectivity index (χ4n) is 3.28. The minimum atomic E-state index is -0.291. The molecule has 29 heavy (non-hydrogen) atoms. The Bertz CT molecular complexity index is 826. The third kappa shape index (κ3) is 7.15. The summed E-state index contributed by atoms with van der Waals surface area (Å²) in [5.41, 5.74) is 8.63. The molecule has 4 N–H and O–H groups in total. The smallest absolute Gasteiger partial charge is 0.251 e. The van der Waals surface area contributed by atoms with Crippen molar-refractivity contribution in [3.8, 4) is 0 Å². The summed E-state index contributed by atoms with van der Waals surface area (Å²) in [6.07, 6.45) is 2.61. The summed E-state index contributed by atoms with van der Waals surface area (Å²) in [5, 5.41) is 5.75. The number of nitrogens with two attached hydrogens (primary N) is 1. The van der Waals surface area contributed by atoms with Crippen LogP contribution in [-0.2, 0) is 4.79 Å². The van der Waals surface area contributed by atoms with E-state index in [-0.39, 0.29) is 49.1 Å². The lowest BCUT2D eigenvalue weighted by Gasteiger charge is -2.19. The monoisotopic (exact) mass is 438 g/mol. The Hall–Kier alpha value is -2.44. The van der Waals surface area contributed by atoms with E-state index in [2.05, 4.69) is 21.6 Å². The molecule has 1 atom stereocenters. The number of nitrogen functional groups attached to an aromatic ring is 1. The second kappa shape index (κ2) is 11.5. The van der Waals surface area contributed by atoms with E-state index in [0.29, 0.717) is 11.3 Å². The van der Waals surface area contributed by atoms with Gasteiger partial charge >= 0.3 is 0 Å². The predicted octanol–water partition coefficient (Wildman–Crippen LogP) is 3.86. The van der Waals surface area contributed by atoms with Gasteiger partial charge < -0.3 is 21.3 Å². The zero-order valence-electron chi connectivity index (χ0n) is 16.4. The van der Waals surface area contributed by atoms with Crippen molar-refractivity contribution < 1.29 is 9.59 Å². The van der Waals surface area contributed by atoms with Crippen molar-refractivity contribution in [2.45, 2.75) is 32.2 Å². The molecular formula is C21H28Cl2N4O2. The number of hydrogen-bond donors (Lipinski definition) is 3. The van der Waals surface area contributed by atoms with Gasteiger partial charge in [-0.15, -0.1) is 24.8 Å². The van der Waals surface area contributed by atoms with Gasteiger partial charge in [-0.1, -0.05) is 12.1 Å². The number of nitrogens with zero attached hydrogens (tertiary/aromatic N) is 1. The third-order valence-electron chi connectivity index (χ3n) is 4.62. The van der Waals surface area contributed by atoms with Crippen LogP contribution in [0.1, 0.15) is 36.5 Å². The highest BCUT2D eigenvalue weighted by atomic mass is 35.5. The molecule has 1 saturated heterocycles. The Morgan fingerprint density at radius 3 is 2.45 bits per heavy atom. The van der Waals surface area contributed by atoms with Crippen LogP contribution in [0.2, 0.25) is 0 Å². The molecule has 2 aromatic carbocycles. The highest BCUT2D eigenvalue weighted by Gasteiger charge is 2.15. The van der Waals surface area contributed by atoms with Gasteiger partial charge in [0, 0.05) is 48.2 Å². The molecule has 2 aromatic rings. The second-order valence-electron chi connectivity index (χ2n) is 7.00. The molecule has 0 aromatic heterocycles. The molecule has 158 valence electrons. The maximum atomic E-state index is 12.3. The van der Waals surface area contributed by atoms with E-state index in [9.17, 15) is 9.59 Å². The number of nitrogens with one attached hydrogen (secondary N) is 2. The topological polar surface area (TPSA) is 87.5 Å². The molecular weight excluding hydrogens is 411 g/mol. The first kappa shape index (κ1) is 24.6. The van der Waals surface area contributed by atoms with E-state index in [0.717, 1.165) is 24.5 Å². The van der Waals surface area contributed by atoms with E-state index < -0.39 is 0 Å². The highest BCUT2D eigenvalue weighted by molar-refractivity contribution is 5.96. The lowest BCUT2D eigenvalue weighted by molar-refractivity contribution is -0.116. The number of halogens is 2. The van der Waals surface area contributed by atoms with E-state index in [1.165, 1.54) is 12.8 Å². The fourth-order valence-corrected chi connectivity index (χ4v) is 3.28. The molecule has 0 aliphatic carbocycles. The van der Waals surface area contributed by atoms with Crippen LogP contribution < -0.4 is 21.3 Å². The highest BCUT2D eigenvalue weighted by Crippen LogP contribution is 2.23. The molecule has 1 unspecified atom stereocenters. The lowest BCUT2D eigenvalue weighted by Crippen LogP contribution is -2.35. The number of rotatable bonds is 6. The Balaban J connectivity index is 0.00000210. The van der Waals surface area contributed by atoms with E-state index >= 15 is 0 Å². The first-order valence-electron chi connectivity index (χ1n) is 9.32. The summed E-state index contributed by atoms with van der Waals surface area (Å²) in [4.78, 5) is 26.9. The van der Waals surface area contributed by atoms with E-state index in [4.69, 9.17) is 5.73 Å². The zero-order valence-corrected chi connectivity index (χ0v) is 18.0. The van der Waals surface area contributed by atoms with Crippen molar-refractivity contribution in [1.29, 1.82) is 0 Å². The predicted molar refractivity (Wildman–Crippen MR) is 123 cm³/mol. The largest absolute Gasteiger partial charge is 0.399 e. The molecule has 3 rings (SSSR count). The lowest BCUT2D eigenvalue weighted by atomic mass is 10.1. The summed E-state index contributed by atoms with van der Waals surface area (Å²) in [6.45, 7) is 3.93. The van der Waals surface area contributed by atoms with Crippen molar-refractivity contribution in [3.63, 3.8) is 0 Å². The number of carbonyl (C=O) groups is 2. The van der Waals surface area contributed by atoms with E-state index in [1.807, 2.05) is 25.1 Å². The maximum absolute atomic E-state index is 12.3. The van der Waals surface area contributed by atoms with Gasteiger partial charge in [0.1, 0.15) is 0 Å². The van der Waals surface area contributed by atoms with Crippen LogP contribution in [0.5, 0.6) is 0 Å². The molecule has 1 fully saturated rings. The van der Waals surface area contributed by atoms with Crippen LogP contribution in [0, 0.1) is 0 Å². The number of amides is 2. The summed E-state index contributed by atoms with van der Waals surface area (Å²) in [6, 6.07) is 14.4. The molecule has 0 spiro atoms. The normalized spacial score (nSPS) is 13.6. The van der Waals surface area contributed by atoms with Gasteiger partial charge in [-0.25, -0.2) is 0 Å². The maximum Gasteiger partial charge on any atom is 0.251 e. The van der Waals surface area contributed by atoms with Crippen LogP contribution in [0.25, 0.3) is 0 Å². The van der Waals surface area contributed by atoms with Gasteiger partial charge in [-0.2, -0.15) is 0 Å². The molecule has 2 amide bonds. The Morgan fingerprint density at radius 2 is 1.76 bits per heavy atom. The number of benzene rings is 2. The van der Waals surface area contributed by atoms with Gasteiger partial charge in [0.05, 0.1) is 0 Å². The van der Waals surface area contributed by atoms with Gasteiger partial charge in [0.25, 0.3) is 5.91 Å². The minimum Gasteiger partial charge on any atom is -0.399 e. The first-order valence-corrected chi connectivity index (χ1v) is 9.32. The van der Waals surface area contributed by atoms with Gasteiger partial charge in [-0.3, -0.25) is 9.59 Å². The molecule has 1 heterocycles. The van der Waals surface area contributed by atoms with Crippen LogP contribution in [0.3, 0.4) is 0 Å². The summed E-state index contributed by atoms with van der Waals surface area (Å²) >= 11 is 0. The standard InChI is InChI=1S/C21H26N4O2.2ClH/c1-15(23-21(27)16-6-4-7-17(22)13-16)12-20(26)24-18-8-5-9-19(14-18)25-10-2-3-11-25;;/h4-9,13-15H,2-3,10-12,22H2,1H3,(H,23,27)(H,24,26);2*1H. The zero-order chi connectivity index (χ0) is 19.2. The van der Waals surface area contributed by atoms with Crippen molar-refractivity contribution in [1.82, 2.24) is 5.32 Å². The average Bonchev–Trinajstić information content (AvgIpc) is 3.16. The molecule has 8 heteroatoms. The molecule has 0 radical (unpaired) electrons. The van der Waals surface area contributed by atoms with Crippen LogP contribution in [0.15, 0.2) is 48.5 Å². The number of anilines is 3. The van der Waals surface area contributed by atoms with Crippen LogP contribution >= 0.6 is 24.8 Å².